The van der Waals surface area contributed by atoms with Gasteiger partial charge < -0.3 is 10.6 Å². The molecular formula is C18H29N3OS. The number of fused-ring (bicyclic) bond motifs is 1. The third-order valence-corrected chi connectivity index (χ3v) is 6.36. The molecule has 5 heteroatoms. The fourth-order valence-electron chi connectivity index (χ4n) is 3.80. The van der Waals surface area contributed by atoms with Crippen molar-refractivity contribution in [1.82, 2.24) is 15.5 Å². The van der Waals surface area contributed by atoms with Crippen molar-refractivity contribution in [3.63, 3.8) is 0 Å². The molecule has 23 heavy (non-hydrogen) atoms. The summed E-state index contributed by atoms with van der Waals surface area (Å²) < 4.78 is 0. The summed E-state index contributed by atoms with van der Waals surface area (Å²) in [5.41, 5.74) is 1.48. The summed E-state index contributed by atoms with van der Waals surface area (Å²) in [5.74, 6) is 1.44. The molecule has 1 fully saturated rings. The molecule has 0 radical (unpaired) electrons. The van der Waals surface area contributed by atoms with E-state index in [1.165, 1.54) is 18.4 Å². The summed E-state index contributed by atoms with van der Waals surface area (Å²) in [4.78, 5) is 16.1. The van der Waals surface area contributed by atoms with Gasteiger partial charge in [-0.2, -0.15) is 0 Å². The van der Waals surface area contributed by atoms with Crippen LogP contribution in [0.15, 0.2) is 11.4 Å². The number of thiophene rings is 1. The van der Waals surface area contributed by atoms with E-state index in [1.54, 1.807) is 4.88 Å². The number of nitrogens with one attached hydrogen (secondary N) is 2. The van der Waals surface area contributed by atoms with Gasteiger partial charge in [0, 0.05) is 37.5 Å². The van der Waals surface area contributed by atoms with Gasteiger partial charge in [-0.1, -0.05) is 6.92 Å². The average Bonchev–Trinajstić information content (AvgIpc) is 3.03. The van der Waals surface area contributed by atoms with E-state index in [0.29, 0.717) is 18.3 Å². The lowest BCUT2D eigenvalue weighted by Gasteiger charge is -2.28. The molecule has 4 nitrogen and oxygen atoms in total. The van der Waals surface area contributed by atoms with Crippen LogP contribution >= 0.6 is 11.3 Å². The summed E-state index contributed by atoms with van der Waals surface area (Å²) in [6.07, 6.45) is 4.27. The lowest BCUT2D eigenvalue weighted by molar-refractivity contribution is -0.122. The van der Waals surface area contributed by atoms with E-state index in [2.05, 4.69) is 33.9 Å². The molecule has 3 rings (SSSR count). The van der Waals surface area contributed by atoms with Gasteiger partial charge in [-0.25, -0.2) is 0 Å². The Morgan fingerprint density at radius 3 is 3.13 bits per heavy atom. The van der Waals surface area contributed by atoms with Crippen molar-refractivity contribution in [3.8, 4) is 0 Å². The molecule has 2 N–H and O–H groups in total. The molecule has 1 aromatic rings. The molecule has 0 aromatic carbocycles. The summed E-state index contributed by atoms with van der Waals surface area (Å²) >= 11 is 1.88. The zero-order valence-corrected chi connectivity index (χ0v) is 15.0. The minimum absolute atomic E-state index is 0.226. The number of hydrogen-bond acceptors (Lipinski definition) is 4. The van der Waals surface area contributed by atoms with Gasteiger partial charge in [-0.05, 0) is 61.2 Å². The topological polar surface area (TPSA) is 44.4 Å². The van der Waals surface area contributed by atoms with Crippen LogP contribution < -0.4 is 10.6 Å². The SMILES string of the molecule is CC(CC(=O)NCCN1CCc2sccc2C1)C1CCNCC1. The minimum atomic E-state index is 0.226. The van der Waals surface area contributed by atoms with Gasteiger partial charge in [0.15, 0.2) is 0 Å². The maximum atomic E-state index is 12.2. The Morgan fingerprint density at radius 2 is 2.30 bits per heavy atom. The van der Waals surface area contributed by atoms with Crippen molar-refractivity contribution in [2.75, 3.05) is 32.7 Å². The van der Waals surface area contributed by atoms with E-state index in [-0.39, 0.29) is 5.91 Å². The highest BCUT2D eigenvalue weighted by molar-refractivity contribution is 7.10. The molecule has 2 aliphatic heterocycles. The highest BCUT2D eigenvalue weighted by atomic mass is 32.1. The Labute approximate surface area is 143 Å². The largest absolute Gasteiger partial charge is 0.355 e. The molecule has 0 saturated carbocycles. The van der Waals surface area contributed by atoms with Crippen LogP contribution in [0.4, 0.5) is 0 Å². The second-order valence-electron chi connectivity index (χ2n) is 7.01. The maximum Gasteiger partial charge on any atom is 0.220 e. The molecule has 0 aliphatic carbocycles. The summed E-state index contributed by atoms with van der Waals surface area (Å²) in [6, 6.07) is 2.24. The third-order valence-electron chi connectivity index (χ3n) is 5.33. The molecule has 2 aliphatic rings. The van der Waals surface area contributed by atoms with Crippen molar-refractivity contribution in [3.05, 3.63) is 21.9 Å². The number of rotatable bonds is 6. The Kier molecular flexibility index (Phi) is 6.08. The molecular weight excluding hydrogens is 306 g/mol. The molecule has 1 amide bonds. The summed E-state index contributed by atoms with van der Waals surface area (Å²) in [6.45, 7) is 8.35. The van der Waals surface area contributed by atoms with E-state index in [1.807, 2.05) is 11.3 Å². The first-order valence-corrected chi connectivity index (χ1v) is 9.85. The second kappa shape index (κ2) is 8.27. The van der Waals surface area contributed by atoms with Crippen molar-refractivity contribution in [2.45, 2.75) is 39.2 Å². The van der Waals surface area contributed by atoms with Crippen LogP contribution in [0.1, 0.15) is 36.6 Å². The molecule has 1 saturated heterocycles. The van der Waals surface area contributed by atoms with Crippen LogP contribution in [0.3, 0.4) is 0 Å². The van der Waals surface area contributed by atoms with E-state index in [4.69, 9.17) is 0 Å². The fraction of sp³-hybridized carbons (Fsp3) is 0.722. The Morgan fingerprint density at radius 1 is 1.48 bits per heavy atom. The Balaban J connectivity index is 1.33. The number of carbonyl (C=O) groups excluding carboxylic acids is 1. The predicted molar refractivity (Wildman–Crippen MR) is 95.7 cm³/mol. The van der Waals surface area contributed by atoms with Crippen molar-refractivity contribution >= 4 is 17.2 Å². The molecule has 1 unspecified atom stereocenters. The van der Waals surface area contributed by atoms with Crippen LogP contribution in [0.2, 0.25) is 0 Å². The van der Waals surface area contributed by atoms with Crippen LogP contribution in [0.25, 0.3) is 0 Å². The van der Waals surface area contributed by atoms with Gasteiger partial charge in [0.1, 0.15) is 0 Å². The molecule has 3 heterocycles. The van der Waals surface area contributed by atoms with Crippen molar-refractivity contribution < 1.29 is 4.79 Å². The second-order valence-corrected chi connectivity index (χ2v) is 8.01. The molecule has 1 aromatic heterocycles. The average molecular weight is 336 g/mol. The zero-order chi connectivity index (χ0) is 16.1. The van der Waals surface area contributed by atoms with Crippen LogP contribution in [-0.2, 0) is 17.8 Å². The first kappa shape index (κ1) is 16.9. The van der Waals surface area contributed by atoms with Gasteiger partial charge in [-0.3, -0.25) is 9.69 Å². The van der Waals surface area contributed by atoms with Gasteiger partial charge in [0.2, 0.25) is 5.91 Å². The van der Waals surface area contributed by atoms with Crippen molar-refractivity contribution in [1.29, 1.82) is 0 Å². The Hall–Kier alpha value is -0.910. The van der Waals surface area contributed by atoms with Crippen molar-refractivity contribution in [2.24, 2.45) is 11.8 Å². The molecule has 1 atom stereocenters. The van der Waals surface area contributed by atoms with Crippen LogP contribution in [0, 0.1) is 11.8 Å². The normalized spacial score (nSPS) is 20.9. The monoisotopic (exact) mass is 335 g/mol. The van der Waals surface area contributed by atoms with E-state index < -0.39 is 0 Å². The number of amides is 1. The zero-order valence-electron chi connectivity index (χ0n) is 14.1. The van der Waals surface area contributed by atoms with Gasteiger partial charge in [0.05, 0.1) is 0 Å². The minimum Gasteiger partial charge on any atom is -0.355 e. The first-order chi connectivity index (χ1) is 11.2. The lowest BCUT2D eigenvalue weighted by Crippen LogP contribution is -2.38. The van der Waals surface area contributed by atoms with Gasteiger partial charge in [-0.15, -0.1) is 11.3 Å². The smallest absolute Gasteiger partial charge is 0.220 e. The van der Waals surface area contributed by atoms with E-state index >= 15 is 0 Å². The maximum absolute atomic E-state index is 12.2. The number of carbonyl (C=O) groups is 1. The molecule has 128 valence electrons. The fourth-order valence-corrected chi connectivity index (χ4v) is 4.69. The van der Waals surface area contributed by atoms with Gasteiger partial charge >= 0.3 is 0 Å². The molecule has 0 bridgehead atoms. The van der Waals surface area contributed by atoms with Gasteiger partial charge in [0.25, 0.3) is 0 Å². The molecule has 0 spiro atoms. The summed E-state index contributed by atoms with van der Waals surface area (Å²) in [5, 5.41) is 8.71. The first-order valence-electron chi connectivity index (χ1n) is 8.97. The highest BCUT2D eigenvalue weighted by Gasteiger charge is 2.22. The number of nitrogens with zero attached hydrogens (tertiary/aromatic N) is 1. The highest BCUT2D eigenvalue weighted by Crippen LogP contribution is 2.24. The lowest BCUT2D eigenvalue weighted by atomic mass is 9.84. The van der Waals surface area contributed by atoms with E-state index in [0.717, 1.165) is 45.7 Å². The Bertz CT molecular complexity index is 510. The predicted octanol–water partition coefficient (Wildman–Crippen LogP) is 2.25. The third kappa shape index (κ3) is 4.78. The number of piperidine rings is 1. The quantitative estimate of drug-likeness (QED) is 0.838. The van der Waals surface area contributed by atoms with E-state index in [9.17, 15) is 4.79 Å². The number of hydrogen-bond donors (Lipinski definition) is 2. The standard InChI is InChI=1S/C18H29N3OS/c1-14(15-2-6-19-7-3-15)12-18(22)20-8-10-21-9-4-17-16(13-21)5-11-23-17/h5,11,14-15,19H,2-4,6-10,12-13H2,1H3,(H,20,22). The summed E-state index contributed by atoms with van der Waals surface area (Å²) in [7, 11) is 0. The van der Waals surface area contributed by atoms with Crippen LogP contribution in [-0.4, -0.2) is 43.5 Å². The van der Waals surface area contributed by atoms with Crippen LogP contribution in [0.5, 0.6) is 0 Å².